The maximum atomic E-state index is 13.6. The van der Waals surface area contributed by atoms with Gasteiger partial charge < -0.3 is 34.9 Å². The number of carbonyl (C=O) groups is 4. The summed E-state index contributed by atoms with van der Waals surface area (Å²) in [6.07, 6.45) is 6.67. The number of hydrogen-bond donors (Lipinski definition) is 3. The smallest absolute Gasteiger partial charge is 0.274 e. The molecule has 4 aromatic rings. The molecule has 0 saturated heterocycles. The van der Waals surface area contributed by atoms with Gasteiger partial charge in [0.25, 0.3) is 17.7 Å². The average molecular weight is 770 g/mol. The lowest BCUT2D eigenvalue weighted by atomic mass is 9.94. The molecule has 0 radical (unpaired) electrons. The van der Waals surface area contributed by atoms with E-state index in [1.54, 1.807) is 69.7 Å². The standard InChI is InChI=1S/C39H43N7O6S2/c1-39(2,54-53-5)23-41-37(49)31-17-26(22-45(31)3)42-36(48)29-12-8-13-34(43-29)44-35(47)14-9-15-52-33-19-30-28(18-32(33)51-4)38(50)46-21-25-11-7-6-10-24(25)16-27(46)20-40-30/h6-8,10-13,17-20,22,27H,9,14-16,21,23H2,1-5H3,(H,41,49)(H,42,48)(H,43,44,47)/t27-/m0/s1. The van der Waals surface area contributed by atoms with Crippen LogP contribution < -0.4 is 25.4 Å². The Bertz CT molecular complexity index is 2100. The van der Waals surface area contributed by atoms with E-state index < -0.39 is 5.91 Å². The highest BCUT2D eigenvalue weighted by Gasteiger charge is 2.33. The number of amides is 4. The first kappa shape index (κ1) is 38.4. The summed E-state index contributed by atoms with van der Waals surface area (Å²) in [5, 5.41) is 8.47. The van der Waals surface area contributed by atoms with Gasteiger partial charge >= 0.3 is 0 Å². The summed E-state index contributed by atoms with van der Waals surface area (Å²) < 4.78 is 13.1. The van der Waals surface area contributed by atoms with Crippen LogP contribution in [0.15, 0.2) is 71.9 Å². The van der Waals surface area contributed by atoms with Gasteiger partial charge in [-0.2, -0.15) is 0 Å². The highest BCUT2D eigenvalue weighted by atomic mass is 33.1. The molecule has 0 spiro atoms. The van der Waals surface area contributed by atoms with Gasteiger partial charge in [-0.15, -0.1) is 0 Å². The second-order valence-electron chi connectivity index (χ2n) is 13.6. The Labute approximate surface area is 322 Å². The first-order valence-electron chi connectivity index (χ1n) is 17.5. The molecule has 2 aliphatic heterocycles. The largest absolute Gasteiger partial charge is 0.493 e. The third-order valence-electron chi connectivity index (χ3n) is 8.98. The lowest BCUT2D eigenvalue weighted by Gasteiger charge is -2.34. The van der Waals surface area contributed by atoms with E-state index in [0.29, 0.717) is 60.1 Å². The summed E-state index contributed by atoms with van der Waals surface area (Å²) >= 11 is 0. The van der Waals surface area contributed by atoms with Gasteiger partial charge in [0, 0.05) is 49.8 Å². The summed E-state index contributed by atoms with van der Waals surface area (Å²) in [7, 11) is 6.57. The Hall–Kier alpha value is -5.28. The molecule has 282 valence electrons. The molecule has 4 heterocycles. The van der Waals surface area contributed by atoms with Crippen molar-refractivity contribution in [2.24, 2.45) is 12.0 Å². The molecule has 0 saturated carbocycles. The molecule has 2 aromatic carbocycles. The Morgan fingerprint density at radius 1 is 1.00 bits per heavy atom. The third-order valence-corrected chi connectivity index (χ3v) is 11.6. The van der Waals surface area contributed by atoms with E-state index in [4.69, 9.17) is 9.47 Å². The number of pyridine rings is 1. The van der Waals surface area contributed by atoms with Crippen molar-refractivity contribution >= 4 is 68.6 Å². The Balaban J connectivity index is 1.00. The number of carbonyl (C=O) groups excluding carboxylic acids is 4. The van der Waals surface area contributed by atoms with E-state index >= 15 is 0 Å². The molecule has 6 rings (SSSR count). The fourth-order valence-electron chi connectivity index (χ4n) is 6.27. The van der Waals surface area contributed by atoms with Crippen LogP contribution in [0, 0.1) is 0 Å². The number of aromatic nitrogens is 2. The van der Waals surface area contributed by atoms with Gasteiger partial charge in [-0.05, 0) is 68.3 Å². The average Bonchev–Trinajstić information content (AvgIpc) is 3.47. The van der Waals surface area contributed by atoms with Gasteiger partial charge in [0.05, 0.1) is 36.7 Å². The van der Waals surface area contributed by atoms with Crippen LogP contribution in [-0.4, -0.2) is 81.6 Å². The zero-order valence-electron chi connectivity index (χ0n) is 30.8. The fourth-order valence-corrected chi connectivity index (χ4v) is 8.38. The van der Waals surface area contributed by atoms with Crippen molar-refractivity contribution in [1.82, 2.24) is 19.8 Å². The van der Waals surface area contributed by atoms with Crippen LogP contribution in [0.3, 0.4) is 0 Å². The van der Waals surface area contributed by atoms with Crippen molar-refractivity contribution in [3.8, 4) is 11.5 Å². The van der Waals surface area contributed by atoms with Crippen molar-refractivity contribution in [2.45, 2.75) is 50.4 Å². The number of rotatable bonds is 14. The van der Waals surface area contributed by atoms with Gasteiger partial charge in [0.2, 0.25) is 5.91 Å². The molecule has 2 aliphatic rings. The summed E-state index contributed by atoms with van der Waals surface area (Å²) in [5.74, 6) is -0.108. The molecule has 54 heavy (non-hydrogen) atoms. The molecule has 0 aliphatic carbocycles. The second kappa shape index (κ2) is 16.8. The number of hydrogen-bond acceptors (Lipinski definition) is 10. The number of nitrogens with zero attached hydrogens (tertiary/aromatic N) is 4. The van der Waals surface area contributed by atoms with Gasteiger partial charge in [-0.3, -0.25) is 24.2 Å². The van der Waals surface area contributed by atoms with E-state index in [1.807, 2.05) is 35.6 Å². The summed E-state index contributed by atoms with van der Waals surface area (Å²) in [6, 6.07) is 17.7. The molecule has 1 atom stereocenters. The topological polar surface area (TPSA) is 156 Å². The molecular formula is C39H43N7O6S2. The summed E-state index contributed by atoms with van der Waals surface area (Å²) in [4.78, 5) is 63.2. The number of fused-ring (bicyclic) bond motifs is 3. The third kappa shape index (κ3) is 9.08. The number of nitrogens with one attached hydrogen (secondary N) is 3. The first-order valence-corrected chi connectivity index (χ1v) is 20.0. The van der Waals surface area contributed by atoms with E-state index in [0.717, 1.165) is 5.56 Å². The normalized spacial score (nSPS) is 14.6. The molecule has 0 bridgehead atoms. The highest BCUT2D eigenvalue weighted by molar-refractivity contribution is 8.77. The lowest BCUT2D eigenvalue weighted by Crippen LogP contribution is -2.44. The Morgan fingerprint density at radius 3 is 2.57 bits per heavy atom. The molecule has 0 unspecified atom stereocenters. The Kier molecular flexibility index (Phi) is 12.0. The minimum atomic E-state index is -0.489. The van der Waals surface area contributed by atoms with Gasteiger partial charge in [0.15, 0.2) is 11.5 Å². The van der Waals surface area contributed by atoms with Gasteiger partial charge in [-0.25, -0.2) is 4.98 Å². The van der Waals surface area contributed by atoms with E-state index in [2.05, 4.69) is 45.8 Å². The molecule has 4 amide bonds. The number of anilines is 2. The van der Waals surface area contributed by atoms with Gasteiger partial charge in [0.1, 0.15) is 17.2 Å². The molecule has 15 heteroatoms. The maximum Gasteiger partial charge on any atom is 0.274 e. The quantitative estimate of drug-likeness (QED) is 0.0993. The van der Waals surface area contributed by atoms with E-state index in [1.165, 1.54) is 18.7 Å². The highest BCUT2D eigenvalue weighted by Crippen LogP contribution is 2.38. The SMILES string of the molecule is COc1cc2c(cc1OCCCC(=O)Nc1cccc(C(=O)Nc3cc(C(=O)NCC(C)(C)SSC)n(C)c3)n1)N=C[C@@H]1Cc3ccccc3CN1C2=O. The van der Waals surface area contributed by atoms with Crippen molar-refractivity contribution < 1.29 is 28.7 Å². The Morgan fingerprint density at radius 2 is 1.80 bits per heavy atom. The van der Waals surface area contributed by atoms with Crippen LogP contribution in [0.4, 0.5) is 17.2 Å². The zero-order chi connectivity index (χ0) is 38.4. The lowest BCUT2D eigenvalue weighted by molar-refractivity contribution is -0.116. The maximum absolute atomic E-state index is 13.6. The van der Waals surface area contributed by atoms with Crippen LogP contribution in [0.1, 0.15) is 69.2 Å². The van der Waals surface area contributed by atoms with E-state index in [-0.39, 0.29) is 53.0 Å². The number of methoxy groups -OCH3 is 1. The zero-order valence-corrected chi connectivity index (χ0v) is 32.4. The van der Waals surface area contributed by atoms with Crippen molar-refractivity contribution in [1.29, 1.82) is 0 Å². The number of aliphatic imine (C=N–C) groups is 1. The van der Waals surface area contributed by atoms with Crippen LogP contribution in [0.5, 0.6) is 11.5 Å². The predicted molar refractivity (Wildman–Crippen MR) is 213 cm³/mol. The minimum absolute atomic E-state index is 0.0962. The minimum Gasteiger partial charge on any atom is -0.493 e. The molecule has 3 N–H and O–H groups in total. The fraction of sp³-hybridized carbons (Fsp3) is 0.333. The number of aryl methyl sites for hydroxylation is 1. The second-order valence-corrected chi connectivity index (χ2v) is 16.7. The van der Waals surface area contributed by atoms with Crippen LogP contribution >= 0.6 is 21.6 Å². The van der Waals surface area contributed by atoms with Crippen molar-refractivity contribution in [3.63, 3.8) is 0 Å². The van der Waals surface area contributed by atoms with Gasteiger partial charge in [-0.1, -0.05) is 51.9 Å². The molecule has 2 aromatic heterocycles. The molecule has 13 nitrogen and oxygen atoms in total. The van der Waals surface area contributed by atoms with Crippen molar-refractivity contribution in [2.75, 3.05) is 37.2 Å². The monoisotopic (exact) mass is 769 g/mol. The van der Waals surface area contributed by atoms with Crippen LogP contribution in [-0.2, 0) is 24.8 Å². The summed E-state index contributed by atoms with van der Waals surface area (Å²) in [5.41, 5.74) is 4.22. The molecule has 0 fully saturated rings. The summed E-state index contributed by atoms with van der Waals surface area (Å²) in [6.45, 7) is 5.31. The predicted octanol–water partition coefficient (Wildman–Crippen LogP) is 6.28. The number of benzene rings is 2. The van der Waals surface area contributed by atoms with Crippen LogP contribution in [0.2, 0.25) is 0 Å². The first-order chi connectivity index (χ1) is 25.9. The van der Waals surface area contributed by atoms with E-state index in [9.17, 15) is 19.2 Å². The molecular weight excluding hydrogens is 727 g/mol. The van der Waals surface area contributed by atoms with Crippen molar-refractivity contribution in [3.05, 3.63) is 94.9 Å². The number of ether oxygens (including phenoxy) is 2. The van der Waals surface area contributed by atoms with Crippen LogP contribution in [0.25, 0.3) is 0 Å².